The summed E-state index contributed by atoms with van der Waals surface area (Å²) in [4.78, 5) is 11.7. The Morgan fingerprint density at radius 3 is 2.68 bits per heavy atom. The number of nitriles is 1. The molecule has 1 aliphatic carbocycles. The molecule has 0 amide bonds. The second-order valence-electron chi connectivity index (χ2n) is 4.88. The van der Waals surface area contributed by atoms with Crippen molar-refractivity contribution < 1.29 is 17.9 Å². The Kier molecular flexibility index (Phi) is 5.76. The average molecular weight is 288 g/mol. The van der Waals surface area contributed by atoms with Gasteiger partial charge in [0, 0.05) is 6.54 Å². The molecule has 0 aliphatic heterocycles. The van der Waals surface area contributed by atoms with E-state index in [9.17, 15) is 13.2 Å². The summed E-state index contributed by atoms with van der Waals surface area (Å²) in [5, 5.41) is 7.91. The second kappa shape index (κ2) is 6.87. The molecule has 0 bridgehead atoms. The van der Waals surface area contributed by atoms with Crippen molar-refractivity contribution in [1.82, 2.24) is 4.72 Å². The number of ether oxygens (including phenoxy) is 1. The lowest BCUT2D eigenvalue weighted by Crippen LogP contribution is -2.45. The van der Waals surface area contributed by atoms with E-state index >= 15 is 0 Å². The third-order valence-electron chi connectivity index (χ3n) is 3.42. The molecule has 0 aromatic heterocycles. The number of carbonyl (C=O) groups excluding carboxylic acids is 1. The van der Waals surface area contributed by atoms with E-state index in [1.165, 1.54) is 7.11 Å². The lowest BCUT2D eigenvalue weighted by Gasteiger charge is -2.29. The van der Waals surface area contributed by atoms with Crippen LogP contribution in [0.2, 0.25) is 0 Å². The predicted octanol–water partition coefficient (Wildman–Crippen LogP) is 0.797. The quantitative estimate of drug-likeness (QED) is 0.755. The van der Waals surface area contributed by atoms with Crippen molar-refractivity contribution in [3.8, 4) is 6.07 Å². The van der Waals surface area contributed by atoms with Crippen LogP contribution in [0.4, 0.5) is 0 Å². The normalized spacial score (nSPS) is 25.3. The summed E-state index contributed by atoms with van der Waals surface area (Å²) < 4.78 is 31.5. The summed E-state index contributed by atoms with van der Waals surface area (Å²) in [6.07, 6.45) is 2.61. The summed E-state index contributed by atoms with van der Waals surface area (Å²) in [7, 11) is -2.33. The highest BCUT2D eigenvalue weighted by Gasteiger charge is 2.40. The molecule has 0 radical (unpaired) electrons. The lowest BCUT2D eigenvalue weighted by molar-refractivity contribution is -0.146. The molecule has 1 saturated carbocycles. The number of rotatable bonds is 5. The highest BCUT2D eigenvalue weighted by Crippen LogP contribution is 2.30. The Balaban J connectivity index is 2.79. The van der Waals surface area contributed by atoms with Gasteiger partial charge in [0.1, 0.15) is 0 Å². The molecule has 7 heteroatoms. The molecular formula is C12H20N2O4S. The van der Waals surface area contributed by atoms with Crippen LogP contribution >= 0.6 is 0 Å². The van der Waals surface area contributed by atoms with Gasteiger partial charge in [0.25, 0.3) is 0 Å². The zero-order chi connectivity index (χ0) is 14.5. The molecule has 0 heterocycles. The zero-order valence-corrected chi connectivity index (χ0v) is 12.1. The highest BCUT2D eigenvalue weighted by atomic mass is 32.2. The first-order valence-electron chi connectivity index (χ1n) is 6.38. The van der Waals surface area contributed by atoms with Crippen molar-refractivity contribution in [2.45, 2.75) is 37.9 Å². The van der Waals surface area contributed by atoms with Gasteiger partial charge in [0.05, 0.1) is 30.3 Å². The van der Waals surface area contributed by atoms with Gasteiger partial charge >= 0.3 is 5.97 Å². The van der Waals surface area contributed by atoms with E-state index < -0.39 is 33.1 Å². The molecule has 0 aromatic carbocycles. The lowest BCUT2D eigenvalue weighted by atomic mass is 9.89. The standard InChI is InChI=1S/C12H20N2O4S/c1-9(7-13)8-14-19(16,17)11-6-4-3-5-10(11)12(15)18-2/h9-11,14H,3-6,8H2,1-2H3. The number of carbonyl (C=O) groups is 1. The van der Waals surface area contributed by atoms with E-state index in [1.807, 2.05) is 6.07 Å². The van der Waals surface area contributed by atoms with E-state index in [2.05, 4.69) is 9.46 Å². The van der Waals surface area contributed by atoms with Crippen LogP contribution in [0.15, 0.2) is 0 Å². The molecule has 0 spiro atoms. The molecule has 108 valence electrons. The fraction of sp³-hybridized carbons (Fsp3) is 0.833. The smallest absolute Gasteiger partial charge is 0.310 e. The van der Waals surface area contributed by atoms with Crippen molar-refractivity contribution >= 4 is 16.0 Å². The largest absolute Gasteiger partial charge is 0.469 e. The van der Waals surface area contributed by atoms with E-state index in [4.69, 9.17) is 5.26 Å². The minimum atomic E-state index is -3.59. The molecule has 1 rings (SSSR count). The van der Waals surface area contributed by atoms with Crippen molar-refractivity contribution in [1.29, 1.82) is 5.26 Å². The van der Waals surface area contributed by atoms with Gasteiger partial charge in [-0.3, -0.25) is 4.79 Å². The van der Waals surface area contributed by atoms with Crippen molar-refractivity contribution in [2.24, 2.45) is 11.8 Å². The van der Waals surface area contributed by atoms with Crippen LogP contribution in [-0.4, -0.2) is 33.3 Å². The molecule has 6 nitrogen and oxygen atoms in total. The molecular weight excluding hydrogens is 268 g/mol. The van der Waals surface area contributed by atoms with Crippen molar-refractivity contribution in [2.75, 3.05) is 13.7 Å². The Hall–Kier alpha value is -1.13. The zero-order valence-electron chi connectivity index (χ0n) is 11.3. The number of hydrogen-bond acceptors (Lipinski definition) is 5. The van der Waals surface area contributed by atoms with Gasteiger partial charge in [0.15, 0.2) is 0 Å². The van der Waals surface area contributed by atoms with Crippen LogP contribution in [0.3, 0.4) is 0 Å². The molecule has 0 aromatic rings. The van der Waals surface area contributed by atoms with Crippen LogP contribution < -0.4 is 4.72 Å². The van der Waals surface area contributed by atoms with Gasteiger partial charge in [-0.15, -0.1) is 0 Å². The summed E-state index contributed by atoms with van der Waals surface area (Å²) >= 11 is 0. The SMILES string of the molecule is COC(=O)C1CCCCC1S(=O)(=O)NCC(C)C#N. The number of nitrogens with one attached hydrogen (secondary N) is 1. The molecule has 19 heavy (non-hydrogen) atoms. The number of methoxy groups -OCH3 is 1. The molecule has 0 saturated heterocycles. The number of esters is 1. The molecule has 1 aliphatic rings. The third-order valence-corrected chi connectivity index (χ3v) is 5.35. The van der Waals surface area contributed by atoms with Gasteiger partial charge in [-0.25, -0.2) is 13.1 Å². The van der Waals surface area contributed by atoms with Gasteiger partial charge < -0.3 is 4.74 Å². The van der Waals surface area contributed by atoms with Gasteiger partial charge in [-0.05, 0) is 19.8 Å². The van der Waals surface area contributed by atoms with Crippen molar-refractivity contribution in [3.63, 3.8) is 0 Å². The molecule has 1 N–H and O–H groups in total. The minimum absolute atomic E-state index is 0.0726. The third kappa shape index (κ3) is 4.18. The van der Waals surface area contributed by atoms with E-state index in [0.717, 1.165) is 12.8 Å². The Morgan fingerprint density at radius 2 is 2.11 bits per heavy atom. The highest BCUT2D eigenvalue weighted by molar-refractivity contribution is 7.90. The maximum atomic E-state index is 12.2. The first-order valence-corrected chi connectivity index (χ1v) is 7.93. The van der Waals surface area contributed by atoms with Crippen LogP contribution in [0, 0.1) is 23.2 Å². The summed E-state index contributed by atoms with van der Waals surface area (Å²) in [5.74, 6) is -1.47. The Morgan fingerprint density at radius 1 is 1.47 bits per heavy atom. The van der Waals surface area contributed by atoms with Gasteiger partial charge in [0.2, 0.25) is 10.0 Å². The molecule has 1 fully saturated rings. The first-order chi connectivity index (χ1) is 8.92. The van der Waals surface area contributed by atoms with Gasteiger partial charge in [-0.2, -0.15) is 5.26 Å². The predicted molar refractivity (Wildman–Crippen MR) is 69.5 cm³/mol. The fourth-order valence-corrected chi connectivity index (χ4v) is 4.14. The average Bonchev–Trinajstić information content (AvgIpc) is 2.43. The Labute approximate surface area is 114 Å². The second-order valence-corrected chi connectivity index (χ2v) is 6.86. The maximum absolute atomic E-state index is 12.2. The van der Waals surface area contributed by atoms with Crippen LogP contribution in [0.5, 0.6) is 0 Å². The topological polar surface area (TPSA) is 96.3 Å². The Bertz CT molecular complexity index is 455. The van der Waals surface area contributed by atoms with Gasteiger partial charge in [-0.1, -0.05) is 12.8 Å². The maximum Gasteiger partial charge on any atom is 0.310 e. The molecule has 3 atom stereocenters. The number of hydrogen-bond donors (Lipinski definition) is 1. The minimum Gasteiger partial charge on any atom is -0.469 e. The number of nitrogens with zero attached hydrogens (tertiary/aromatic N) is 1. The van der Waals surface area contributed by atoms with Crippen LogP contribution in [0.1, 0.15) is 32.6 Å². The van der Waals surface area contributed by atoms with E-state index in [-0.39, 0.29) is 6.54 Å². The van der Waals surface area contributed by atoms with Crippen molar-refractivity contribution in [3.05, 3.63) is 0 Å². The van der Waals surface area contributed by atoms with E-state index in [0.29, 0.717) is 12.8 Å². The van der Waals surface area contributed by atoms with Crippen LogP contribution in [0.25, 0.3) is 0 Å². The monoisotopic (exact) mass is 288 g/mol. The van der Waals surface area contributed by atoms with Crippen LogP contribution in [-0.2, 0) is 19.6 Å². The summed E-state index contributed by atoms with van der Waals surface area (Å²) in [5.41, 5.74) is 0. The molecule has 3 unspecified atom stereocenters. The van der Waals surface area contributed by atoms with E-state index in [1.54, 1.807) is 6.92 Å². The first kappa shape index (κ1) is 15.9. The summed E-state index contributed by atoms with van der Waals surface area (Å²) in [6.45, 7) is 1.71. The number of sulfonamides is 1. The summed E-state index contributed by atoms with van der Waals surface area (Å²) in [6, 6.07) is 1.97. The fourth-order valence-electron chi connectivity index (χ4n) is 2.28.